The van der Waals surface area contributed by atoms with Gasteiger partial charge in [0.1, 0.15) is 0 Å². The Kier molecular flexibility index (Phi) is 5.93. The molecule has 1 aliphatic carbocycles. The van der Waals surface area contributed by atoms with Gasteiger partial charge < -0.3 is 15.0 Å². The first kappa shape index (κ1) is 14.3. The Hall–Kier alpha value is -0.120. The van der Waals surface area contributed by atoms with E-state index in [1.54, 1.807) is 0 Å². The summed E-state index contributed by atoms with van der Waals surface area (Å²) in [4.78, 5) is 2.57. The summed E-state index contributed by atoms with van der Waals surface area (Å²) >= 11 is 0. The van der Waals surface area contributed by atoms with E-state index in [9.17, 15) is 0 Å². The second kappa shape index (κ2) is 7.46. The Bertz CT molecular complexity index is 221. The first-order chi connectivity index (χ1) is 8.79. The third-order valence-corrected chi connectivity index (χ3v) is 4.64. The van der Waals surface area contributed by atoms with Crippen LogP contribution in [0.1, 0.15) is 51.9 Å². The fraction of sp³-hybridized carbons (Fsp3) is 1.00. The van der Waals surface area contributed by atoms with E-state index in [1.165, 1.54) is 51.5 Å². The molecule has 1 unspecified atom stereocenters. The molecule has 18 heavy (non-hydrogen) atoms. The van der Waals surface area contributed by atoms with Gasteiger partial charge in [-0.05, 0) is 58.5 Å². The van der Waals surface area contributed by atoms with Crippen LogP contribution in [0.3, 0.4) is 0 Å². The van der Waals surface area contributed by atoms with Crippen molar-refractivity contribution in [3.8, 4) is 0 Å². The summed E-state index contributed by atoms with van der Waals surface area (Å²) < 4.78 is 5.70. The van der Waals surface area contributed by atoms with Crippen LogP contribution in [0.2, 0.25) is 0 Å². The molecule has 0 aromatic carbocycles. The fourth-order valence-corrected chi connectivity index (χ4v) is 3.41. The van der Waals surface area contributed by atoms with Crippen LogP contribution in [-0.2, 0) is 4.74 Å². The van der Waals surface area contributed by atoms with Gasteiger partial charge >= 0.3 is 0 Å². The van der Waals surface area contributed by atoms with E-state index in [0.717, 1.165) is 25.2 Å². The maximum Gasteiger partial charge on any atom is 0.0588 e. The summed E-state index contributed by atoms with van der Waals surface area (Å²) in [7, 11) is 2.30. The topological polar surface area (TPSA) is 24.5 Å². The lowest BCUT2D eigenvalue weighted by molar-refractivity contribution is 0.0843. The zero-order valence-corrected chi connectivity index (χ0v) is 12.2. The molecule has 0 bridgehead atoms. The third-order valence-electron chi connectivity index (χ3n) is 4.64. The van der Waals surface area contributed by atoms with Crippen molar-refractivity contribution in [1.82, 2.24) is 10.2 Å². The van der Waals surface area contributed by atoms with Crippen molar-refractivity contribution in [3.63, 3.8) is 0 Å². The Balaban J connectivity index is 1.62. The average Bonchev–Trinajstić information content (AvgIpc) is 2.90. The highest BCUT2D eigenvalue weighted by atomic mass is 16.5. The number of hydrogen-bond acceptors (Lipinski definition) is 3. The molecule has 1 atom stereocenters. The van der Waals surface area contributed by atoms with Gasteiger partial charge in [-0.15, -0.1) is 0 Å². The SMILES string of the molecule is CCNC1CCC(N(C)CCC2CCCO2)CC1. The minimum Gasteiger partial charge on any atom is -0.378 e. The zero-order valence-electron chi connectivity index (χ0n) is 12.2. The van der Waals surface area contributed by atoms with Crippen molar-refractivity contribution in [2.75, 3.05) is 26.7 Å². The summed E-state index contributed by atoms with van der Waals surface area (Å²) in [6.45, 7) is 5.52. The second-order valence-electron chi connectivity index (χ2n) is 5.97. The summed E-state index contributed by atoms with van der Waals surface area (Å²) in [6, 6.07) is 1.58. The highest BCUT2D eigenvalue weighted by molar-refractivity contribution is 4.82. The van der Waals surface area contributed by atoms with Crippen LogP contribution in [0.5, 0.6) is 0 Å². The van der Waals surface area contributed by atoms with Crippen molar-refractivity contribution < 1.29 is 4.74 Å². The molecule has 2 rings (SSSR count). The van der Waals surface area contributed by atoms with Gasteiger partial charge in [0.25, 0.3) is 0 Å². The van der Waals surface area contributed by atoms with Crippen molar-refractivity contribution in [2.45, 2.75) is 70.1 Å². The Labute approximate surface area is 112 Å². The van der Waals surface area contributed by atoms with Gasteiger partial charge in [-0.2, -0.15) is 0 Å². The quantitative estimate of drug-likeness (QED) is 0.788. The molecule has 1 saturated carbocycles. The van der Waals surface area contributed by atoms with Crippen LogP contribution in [0, 0.1) is 0 Å². The lowest BCUT2D eigenvalue weighted by atomic mass is 9.90. The van der Waals surface area contributed by atoms with Gasteiger partial charge in [-0.1, -0.05) is 6.92 Å². The van der Waals surface area contributed by atoms with Crippen LogP contribution in [0.25, 0.3) is 0 Å². The average molecular weight is 254 g/mol. The summed E-state index contributed by atoms with van der Waals surface area (Å²) in [5.74, 6) is 0. The normalized spacial score (nSPS) is 33.2. The van der Waals surface area contributed by atoms with E-state index in [2.05, 4.69) is 24.2 Å². The standard InChI is InChI=1S/C15H30N2O/c1-3-16-13-6-8-14(9-7-13)17(2)11-10-15-5-4-12-18-15/h13-16H,3-12H2,1-2H3. The monoisotopic (exact) mass is 254 g/mol. The molecule has 2 fully saturated rings. The van der Waals surface area contributed by atoms with Crippen LogP contribution in [0.4, 0.5) is 0 Å². The summed E-state index contributed by atoms with van der Waals surface area (Å²) in [5, 5.41) is 3.58. The molecule has 3 heteroatoms. The number of nitrogens with zero attached hydrogens (tertiary/aromatic N) is 1. The predicted octanol–water partition coefficient (Wildman–Crippen LogP) is 2.41. The van der Waals surface area contributed by atoms with Crippen molar-refractivity contribution in [3.05, 3.63) is 0 Å². The van der Waals surface area contributed by atoms with Crippen molar-refractivity contribution in [1.29, 1.82) is 0 Å². The minimum atomic E-state index is 0.547. The molecular weight excluding hydrogens is 224 g/mol. The fourth-order valence-electron chi connectivity index (χ4n) is 3.41. The largest absolute Gasteiger partial charge is 0.378 e. The molecule has 1 heterocycles. The van der Waals surface area contributed by atoms with Gasteiger partial charge in [-0.3, -0.25) is 0 Å². The van der Waals surface area contributed by atoms with E-state index in [-0.39, 0.29) is 0 Å². The number of hydrogen-bond donors (Lipinski definition) is 1. The van der Waals surface area contributed by atoms with E-state index < -0.39 is 0 Å². The molecule has 0 aromatic heterocycles. The van der Waals surface area contributed by atoms with E-state index in [0.29, 0.717) is 6.10 Å². The first-order valence-corrected chi connectivity index (χ1v) is 7.84. The summed E-state index contributed by atoms with van der Waals surface area (Å²) in [5.41, 5.74) is 0. The van der Waals surface area contributed by atoms with Gasteiger partial charge in [0.05, 0.1) is 6.10 Å². The Morgan fingerprint density at radius 1 is 1.17 bits per heavy atom. The van der Waals surface area contributed by atoms with Crippen molar-refractivity contribution in [2.24, 2.45) is 0 Å². The smallest absolute Gasteiger partial charge is 0.0588 e. The van der Waals surface area contributed by atoms with E-state index in [1.807, 2.05) is 0 Å². The number of rotatable bonds is 6. The molecule has 0 amide bonds. The predicted molar refractivity (Wildman–Crippen MR) is 75.9 cm³/mol. The second-order valence-corrected chi connectivity index (χ2v) is 5.97. The lowest BCUT2D eigenvalue weighted by Gasteiger charge is -2.35. The van der Waals surface area contributed by atoms with Crippen molar-refractivity contribution >= 4 is 0 Å². The molecule has 0 aromatic rings. The number of ether oxygens (including phenoxy) is 1. The molecule has 1 saturated heterocycles. The Morgan fingerprint density at radius 3 is 2.56 bits per heavy atom. The third kappa shape index (κ3) is 4.22. The molecule has 0 radical (unpaired) electrons. The van der Waals surface area contributed by atoms with E-state index >= 15 is 0 Å². The van der Waals surface area contributed by atoms with E-state index in [4.69, 9.17) is 4.74 Å². The highest BCUT2D eigenvalue weighted by Crippen LogP contribution is 2.23. The molecule has 0 spiro atoms. The zero-order chi connectivity index (χ0) is 12.8. The van der Waals surface area contributed by atoms with Crippen LogP contribution < -0.4 is 5.32 Å². The lowest BCUT2D eigenvalue weighted by Crippen LogP contribution is -2.41. The maximum atomic E-state index is 5.70. The Morgan fingerprint density at radius 2 is 1.94 bits per heavy atom. The molecule has 3 nitrogen and oxygen atoms in total. The van der Waals surface area contributed by atoms with Gasteiger partial charge in [0.15, 0.2) is 0 Å². The van der Waals surface area contributed by atoms with Gasteiger partial charge in [-0.25, -0.2) is 0 Å². The van der Waals surface area contributed by atoms with Gasteiger partial charge in [0, 0.05) is 25.2 Å². The molecular formula is C15H30N2O. The van der Waals surface area contributed by atoms with Crippen LogP contribution in [0.15, 0.2) is 0 Å². The maximum absolute atomic E-state index is 5.70. The summed E-state index contributed by atoms with van der Waals surface area (Å²) in [6.07, 6.45) is 9.74. The molecule has 2 aliphatic rings. The number of nitrogens with one attached hydrogen (secondary N) is 1. The first-order valence-electron chi connectivity index (χ1n) is 7.84. The minimum absolute atomic E-state index is 0.547. The van der Waals surface area contributed by atoms with Crippen LogP contribution >= 0.6 is 0 Å². The van der Waals surface area contributed by atoms with Crippen LogP contribution in [-0.4, -0.2) is 49.8 Å². The molecule has 1 N–H and O–H groups in total. The molecule has 106 valence electrons. The highest BCUT2D eigenvalue weighted by Gasteiger charge is 2.24. The molecule has 1 aliphatic heterocycles. The van der Waals surface area contributed by atoms with Gasteiger partial charge in [0.2, 0.25) is 0 Å².